The van der Waals surface area contributed by atoms with Gasteiger partial charge in [0.2, 0.25) is 0 Å². The number of allylic oxidation sites excluding steroid dienone is 5. The first-order valence-corrected chi connectivity index (χ1v) is 15.0. The number of ether oxygens (including phenoxy) is 1. The first-order valence-electron chi connectivity index (χ1n) is 15.0. The smallest absolute Gasteiger partial charge is 0.375 e. The predicted molar refractivity (Wildman–Crippen MR) is 170 cm³/mol. The van der Waals surface area contributed by atoms with Crippen LogP contribution in [-0.2, 0) is 9.53 Å². The Kier molecular flexibility index (Phi) is 9.45. The molecule has 43 heavy (non-hydrogen) atoms. The molecular weight excluding hydrogens is 542 g/mol. The number of aromatic nitrogens is 1. The number of nitrogens with zero attached hydrogens (tertiary/aromatic N) is 5. The van der Waals surface area contributed by atoms with Gasteiger partial charge in [-0.1, -0.05) is 6.08 Å². The number of pyridine rings is 1. The van der Waals surface area contributed by atoms with Gasteiger partial charge in [-0.05, 0) is 81.9 Å². The first-order chi connectivity index (χ1) is 20.8. The number of hydrogen-bond donors (Lipinski definition) is 4. The fourth-order valence-electron chi connectivity index (χ4n) is 6.08. The summed E-state index contributed by atoms with van der Waals surface area (Å²) in [5.41, 5.74) is 12.5. The van der Waals surface area contributed by atoms with E-state index < -0.39 is 5.91 Å². The van der Waals surface area contributed by atoms with Crippen LogP contribution >= 0.6 is 0 Å². The van der Waals surface area contributed by atoms with Crippen molar-refractivity contribution in [2.45, 2.75) is 45.6 Å². The normalized spacial score (nSPS) is 22.7. The van der Waals surface area contributed by atoms with Crippen LogP contribution in [0, 0.1) is 24.3 Å². The molecule has 1 amide bonds. The number of dihydropyridines is 1. The van der Waals surface area contributed by atoms with Crippen LogP contribution in [0.25, 0.3) is 0 Å². The molecule has 1 aromatic rings. The SMILES string of the molecule is C=[N+]=C(NCCN1CCCC1(C)C)c1cnc(C)c(NC(=O)/C(N=N)=C2\C=CC(C3=CC=NCCC3C3COC3)=CN2)c1. The zero-order valence-electron chi connectivity index (χ0n) is 25.3. The molecule has 226 valence electrons. The second-order valence-corrected chi connectivity index (χ2v) is 12.0. The first kappa shape index (κ1) is 30.3. The molecule has 4 aliphatic rings. The topological polar surface area (TPSA) is 141 Å². The lowest BCUT2D eigenvalue weighted by Gasteiger charge is -2.35. The minimum absolute atomic E-state index is 0.0332. The highest BCUT2D eigenvalue weighted by Crippen LogP contribution is 2.36. The summed E-state index contributed by atoms with van der Waals surface area (Å²) >= 11 is 0. The Morgan fingerprint density at radius 2 is 2.19 bits per heavy atom. The Labute approximate surface area is 253 Å². The maximum absolute atomic E-state index is 13.3. The zero-order chi connectivity index (χ0) is 30.4. The molecule has 5 rings (SSSR count). The van der Waals surface area contributed by atoms with Gasteiger partial charge >= 0.3 is 5.84 Å². The molecular formula is C32H42N9O2+. The number of likely N-dealkylation sites (tertiary alicyclic amines) is 1. The number of hydrogen-bond acceptors (Lipinski definition) is 8. The van der Waals surface area contributed by atoms with Crippen molar-refractivity contribution in [1.82, 2.24) is 25.2 Å². The van der Waals surface area contributed by atoms with Crippen molar-refractivity contribution in [3.63, 3.8) is 0 Å². The minimum Gasteiger partial charge on any atom is -0.381 e. The summed E-state index contributed by atoms with van der Waals surface area (Å²) in [4.78, 5) is 24.7. The van der Waals surface area contributed by atoms with E-state index in [0.717, 1.165) is 44.8 Å². The molecule has 11 heteroatoms. The van der Waals surface area contributed by atoms with Gasteiger partial charge in [0, 0.05) is 43.2 Å². The Morgan fingerprint density at radius 1 is 1.35 bits per heavy atom. The van der Waals surface area contributed by atoms with Crippen LogP contribution in [0.3, 0.4) is 0 Å². The van der Waals surface area contributed by atoms with Gasteiger partial charge in [-0.3, -0.25) is 25.0 Å². The van der Waals surface area contributed by atoms with Gasteiger partial charge in [0.25, 0.3) is 5.91 Å². The van der Waals surface area contributed by atoms with E-state index in [4.69, 9.17) is 10.3 Å². The van der Waals surface area contributed by atoms with Crippen LogP contribution in [0.15, 0.2) is 69.3 Å². The van der Waals surface area contributed by atoms with Crippen LogP contribution < -0.4 is 20.6 Å². The molecule has 1 atom stereocenters. The highest BCUT2D eigenvalue weighted by molar-refractivity contribution is 6.05. The van der Waals surface area contributed by atoms with Gasteiger partial charge in [0.05, 0.1) is 36.8 Å². The summed E-state index contributed by atoms with van der Waals surface area (Å²) in [7, 11) is 0. The molecule has 0 aliphatic carbocycles. The van der Waals surface area contributed by atoms with Crippen molar-refractivity contribution < 1.29 is 9.53 Å². The van der Waals surface area contributed by atoms with E-state index >= 15 is 0 Å². The molecule has 4 aliphatic heterocycles. The molecule has 1 aromatic heterocycles. The molecule has 0 radical (unpaired) electrons. The van der Waals surface area contributed by atoms with Crippen LogP contribution in [0.4, 0.5) is 5.69 Å². The van der Waals surface area contributed by atoms with Crippen molar-refractivity contribution in [2.75, 3.05) is 44.7 Å². The third-order valence-electron chi connectivity index (χ3n) is 8.80. The quantitative estimate of drug-likeness (QED) is 0.115. The Hall–Kier alpha value is -4.18. The molecule has 2 fully saturated rings. The number of amides is 1. The second kappa shape index (κ2) is 13.4. The molecule has 11 nitrogen and oxygen atoms in total. The number of amidine groups is 1. The van der Waals surface area contributed by atoms with Crippen molar-refractivity contribution >= 4 is 30.4 Å². The molecule has 0 bridgehead atoms. The van der Waals surface area contributed by atoms with Crippen LogP contribution in [-0.4, -0.2) is 79.5 Å². The lowest BCUT2D eigenvalue weighted by Crippen LogP contribution is -2.43. The van der Waals surface area contributed by atoms with Crippen LogP contribution in [0.1, 0.15) is 44.4 Å². The van der Waals surface area contributed by atoms with Gasteiger partial charge < -0.3 is 15.4 Å². The standard InChI is InChI=1S/C32H41N9O2/c1-21-28(16-23(18-37-21)30(34-4)36-13-15-41-14-5-10-32(41,2)3)39-31(42)29(40-33)27-7-6-22(17-38-27)25-8-11-35-12-9-26(25)24-19-43-20-24/h6-8,11,16-18,24,26H,4-5,9-10,12-15,19-20H2,1-3H3,(H3,33,35,38,39,42)/p+1. The second-order valence-electron chi connectivity index (χ2n) is 12.0. The van der Waals surface area contributed by atoms with Crippen molar-refractivity contribution in [3.8, 4) is 0 Å². The minimum atomic E-state index is -0.510. The summed E-state index contributed by atoms with van der Waals surface area (Å²) in [6, 6.07) is 1.82. The number of nitrogens with one attached hydrogen (secondary N) is 4. The fraction of sp³-hybridized carbons (Fsp3) is 0.469. The molecule has 0 aromatic carbocycles. The predicted octanol–water partition coefficient (Wildman–Crippen LogP) is 3.26. The van der Waals surface area contributed by atoms with E-state index in [1.165, 1.54) is 18.4 Å². The van der Waals surface area contributed by atoms with Crippen LogP contribution in [0.5, 0.6) is 0 Å². The summed E-state index contributed by atoms with van der Waals surface area (Å²) in [6.45, 7) is 15.1. The average Bonchev–Trinajstić information content (AvgIpc) is 3.14. The number of aryl methyl sites for hydroxylation is 1. The lowest BCUT2D eigenvalue weighted by molar-refractivity contribution is -0.113. The number of aliphatic imine (C=N–C) groups is 1. The van der Waals surface area contributed by atoms with Gasteiger partial charge in [-0.2, -0.15) is 5.11 Å². The average molecular weight is 585 g/mol. The van der Waals surface area contributed by atoms with E-state index in [0.29, 0.717) is 46.9 Å². The van der Waals surface area contributed by atoms with Crippen molar-refractivity contribution in [1.29, 1.82) is 5.53 Å². The number of anilines is 1. The summed E-state index contributed by atoms with van der Waals surface area (Å²) in [5.74, 6) is 0.934. The van der Waals surface area contributed by atoms with Crippen LogP contribution in [0.2, 0.25) is 0 Å². The third kappa shape index (κ3) is 6.91. The molecule has 5 heterocycles. The molecule has 2 saturated heterocycles. The highest BCUT2D eigenvalue weighted by Gasteiger charge is 2.33. The van der Waals surface area contributed by atoms with Gasteiger partial charge in [-0.25, -0.2) is 10.2 Å². The summed E-state index contributed by atoms with van der Waals surface area (Å²) in [6.07, 6.45) is 14.6. The van der Waals surface area contributed by atoms with E-state index in [2.05, 4.69) is 67.2 Å². The molecule has 0 spiro atoms. The Morgan fingerprint density at radius 3 is 2.84 bits per heavy atom. The zero-order valence-corrected chi connectivity index (χ0v) is 25.3. The fourth-order valence-corrected chi connectivity index (χ4v) is 6.08. The number of carbonyl (C=O) groups excluding carboxylic acids is 1. The van der Waals surface area contributed by atoms with Gasteiger partial charge in [0.15, 0.2) is 12.4 Å². The monoisotopic (exact) mass is 584 g/mol. The maximum Gasteiger partial charge on any atom is 0.375 e. The Balaban J connectivity index is 1.26. The number of rotatable bonds is 9. The van der Waals surface area contributed by atoms with Gasteiger partial charge in [0.1, 0.15) is 5.56 Å². The summed E-state index contributed by atoms with van der Waals surface area (Å²) < 4.78 is 9.65. The molecule has 0 saturated carbocycles. The van der Waals surface area contributed by atoms with Gasteiger partial charge in [-0.15, -0.1) is 0 Å². The van der Waals surface area contributed by atoms with Crippen molar-refractivity contribution in [2.24, 2.45) is 21.9 Å². The largest absolute Gasteiger partial charge is 0.381 e. The van der Waals surface area contributed by atoms with E-state index in [1.54, 1.807) is 12.3 Å². The molecule has 1 unspecified atom stereocenters. The van der Waals surface area contributed by atoms with E-state index in [-0.39, 0.29) is 11.2 Å². The van der Waals surface area contributed by atoms with E-state index in [1.807, 2.05) is 31.5 Å². The summed E-state index contributed by atoms with van der Waals surface area (Å²) in [5, 5.41) is 13.0. The lowest BCUT2D eigenvalue weighted by atomic mass is 9.79. The maximum atomic E-state index is 13.3. The van der Waals surface area contributed by atoms with E-state index in [9.17, 15) is 4.79 Å². The molecule has 4 N–H and O–H groups in total. The highest BCUT2D eigenvalue weighted by atomic mass is 16.5. The third-order valence-corrected chi connectivity index (χ3v) is 8.80. The van der Waals surface area contributed by atoms with Crippen molar-refractivity contribution in [3.05, 3.63) is 70.5 Å². The Bertz CT molecular complexity index is 1460. The number of carbonyl (C=O) groups is 1.